The van der Waals surface area contributed by atoms with Gasteiger partial charge >= 0.3 is 0 Å². The highest BCUT2D eigenvalue weighted by Crippen LogP contribution is 2.27. The van der Waals surface area contributed by atoms with Crippen LogP contribution in [-0.2, 0) is 17.8 Å². The first-order valence-corrected chi connectivity index (χ1v) is 10.9. The largest absolute Gasteiger partial charge is 0.352 e. The Balaban J connectivity index is 1.34. The smallest absolute Gasteiger partial charge is 0.265 e. The first kappa shape index (κ1) is 21.2. The molecule has 2 aromatic heterocycles. The van der Waals surface area contributed by atoms with Gasteiger partial charge in [-0.25, -0.2) is 13.5 Å². The molecule has 2 amide bonds. The number of piperidine rings is 1. The van der Waals surface area contributed by atoms with Crippen molar-refractivity contribution in [2.45, 2.75) is 31.7 Å². The number of carbonyl (C=O) groups excluding carboxylic acids is 2. The summed E-state index contributed by atoms with van der Waals surface area (Å²) in [6, 6.07) is 9.33. The number of thiophene rings is 1. The van der Waals surface area contributed by atoms with Crippen molar-refractivity contribution >= 4 is 23.2 Å². The molecule has 0 aliphatic carbocycles. The van der Waals surface area contributed by atoms with Gasteiger partial charge in [-0.1, -0.05) is 12.1 Å². The molecule has 0 bridgehead atoms. The van der Waals surface area contributed by atoms with Crippen molar-refractivity contribution in [3.8, 4) is 5.69 Å². The third-order valence-corrected chi connectivity index (χ3v) is 5.88. The molecule has 3 heterocycles. The quantitative estimate of drug-likeness (QED) is 0.631. The molecule has 9 heteroatoms. The van der Waals surface area contributed by atoms with Crippen molar-refractivity contribution in [3.05, 3.63) is 70.2 Å². The van der Waals surface area contributed by atoms with Crippen LogP contribution < -0.4 is 5.32 Å². The maximum Gasteiger partial charge on any atom is 0.265 e. The van der Waals surface area contributed by atoms with Crippen LogP contribution in [0.1, 0.15) is 34.3 Å². The van der Waals surface area contributed by atoms with Crippen LogP contribution in [0.15, 0.2) is 53.5 Å². The molecule has 0 atom stereocenters. The predicted octanol–water partition coefficient (Wildman–Crippen LogP) is 3.66. The van der Waals surface area contributed by atoms with E-state index in [4.69, 9.17) is 0 Å². The minimum Gasteiger partial charge on any atom is -0.352 e. The number of nitrogens with one attached hydrogen (secondary N) is 1. The van der Waals surface area contributed by atoms with E-state index in [2.05, 4.69) is 10.4 Å². The second kappa shape index (κ2) is 8.97. The maximum atomic E-state index is 13.6. The van der Waals surface area contributed by atoms with Gasteiger partial charge in [-0.2, -0.15) is 16.4 Å². The van der Waals surface area contributed by atoms with Gasteiger partial charge in [0.1, 0.15) is 0 Å². The van der Waals surface area contributed by atoms with Crippen molar-refractivity contribution in [2.75, 3.05) is 13.1 Å². The van der Waals surface area contributed by atoms with Gasteiger partial charge in [0, 0.05) is 25.7 Å². The zero-order valence-electron chi connectivity index (χ0n) is 16.8. The molecule has 31 heavy (non-hydrogen) atoms. The Hall–Kier alpha value is -3.07. The van der Waals surface area contributed by atoms with Crippen molar-refractivity contribution in [1.82, 2.24) is 20.0 Å². The van der Waals surface area contributed by atoms with Gasteiger partial charge in [0.25, 0.3) is 11.8 Å². The Morgan fingerprint density at radius 3 is 2.68 bits per heavy atom. The summed E-state index contributed by atoms with van der Waals surface area (Å²) >= 11 is 1.56. The molecule has 1 N–H and O–H groups in total. The van der Waals surface area contributed by atoms with Crippen LogP contribution in [0.4, 0.5) is 8.78 Å². The van der Waals surface area contributed by atoms with Crippen LogP contribution >= 0.6 is 11.3 Å². The molecule has 4 rings (SSSR count). The lowest BCUT2D eigenvalue weighted by Gasteiger charge is -2.32. The molecule has 0 spiro atoms. The lowest BCUT2D eigenvalue weighted by Crippen LogP contribution is -2.45. The molecule has 1 aromatic carbocycles. The molecular formula is C22H22F2N4O2S. The summed E-state index contributed by atoms with van der Waals surface area (Å²) < 4.78 is 28.7. The number of hydrogen-bond donors (Lipinski definition) is 1. The van der Waals surface area contributed by atoms with Gasteiger partial charge in [-0.05, 0) is 46.5 Å². The fourth-order valence-electron chi connectivity index (χ4n) is 3.50. The first-order chi connectivity index (χ1) is 14.9. The van der Waals surface area contributed by atoms with Gasteiger partial charge in [0.2, 0.25) is 5.91 Å². The summed E-state index contributed by atoms with van der Waals surface area (Å²) in [5.74, 6) is -3.31. The Bertz CT molecular complexity index is 1050. The third-order valence-electron chi connectivity index (χ3n) is 5.14. The number of aromatic nitrogens is 2. The fourth-order valence-corrected chi connectivity index (χ4v) is 4.17. The Kier molecular flexibility index (Phi) is 6.13. The number of nitrogens with zero attached hydrogens (tertiary/aromatic N) is 3. The molecule has 1 aliphatic heterocycles. The van der Waals surface area contributed by atoms with Gasteiger partial charge in [-0.15, -0.1) is 0 Å². The highest BCUT2D eigenvalue weighted by molar-refractivity contribution is 7.08. The van der Waals surface area contributed by atoms with E-state index in [-0.39, 0.29) is 24.3 Å². The summed E-state index contributed by atoms with van der Waals surface area (Å²) in [4.78, 5) is 25.7. The van der Waals surface area contributed by atoms with E-state index in [1.807, 2.05) is 41.1 Å². The molecule has 0 unspecified atom stereocenters. The van der Waals surface area contributed by atoms with E-state index in [0.717, 1.165) is 16.8 Å². The number of halogens is 2. The van der Waals surface area contributed by atoms with Crippen LogP contribution in [0.3, 0.4) is 0 Å². The summed E-state index contributed by atoms with van der Waals surface area (Å²) in [5, 5.41) is 11.0. The number of amides is 2. The van der Waals surface area contributed by atoms with Gasteiger partial charge in [0.15, 0.2) is 0 Å². The topological polar surface area (TPSA) is 67.2 Å². The van der Waals surface area contributed by atoms with Crippen molar-refractivity contribution < 1.29 is 18.4 Å². The Morgan fingerprint density at radius 2 is 1.97 bits per heavy atom. The van der Waals surface area contributed by atoms with Crippen molar-refractivity contribution in [3.63, 3.8) is 0 Å². The Morgan fingerprint density at radius 1 is 1.16 bits per heavy atom. The second-order valence-corrected chi connectivity index (χ2v) is 8.39. The maximum absolute atomic E-state index is 13.6. The van der Waals surface area contributed by atoms with E-state index in [1.54, 1.807) is 17.5 Å². The SMILES string of the molecule is O=C(Cc1ccsc1)NCc1ccc(-n2cc(C(=O)N3CCCC(F)(F)C3)cn2)cc1. The first-order valence-electron chi connectivity index (χ1n) is 9.98. The lowest BCUT2D eigenvalue weighted by atomic mass is 10.1. The monoisotopic (exact) mass is 444 g/mol. The van der Waals surface area contributed by atoms with Crippen LogP contribution in [0.25, 0.3) is 5.69 Å². The van der Waals surface area contributed by atoms with E-state index in [9.17, 15) is 18.4 Å². The molecule has 0 radical (unpaired) electrons. The lowest BCUT2D eigenvalue weighted by molar-refractivity contribution is -0.120. The summed E-state index contributed by atoms with van der Waals surface area (Å²) in [5.41, 5.74) is 2.94. The summed E-state index contributed by atoms with van der Waals surface area (Å²) in [6.45, 7) is 0.186. The minimum atomic E-state index is -2.83. The van der Waals surface area contributed by atoms with Crippen molar-refractivity contribution in [2.24, 2.45) is 0 Å². The molecular weight excluding hydrogens is 422 g/mol. The van der Waals surface area contributed by atoms with Gasteiger partial charge in [-0.3, -0.25) is 9.59 Å². The molecule has 6 nitrogen and oxygen atoms in total. The summed E-state index contributed by atoms with van der Waals surface area (Å²) in [7, 11) is 0. The molecule has 162 valence electrons. The van der Waals surface area contributed by atoms with Crippen LogP contribution in [0.5, 0.6) is 0 Å². The fraction of sp³-hybridized carbons (Fsp3) is 0.318. The zero-order chi connectivity index (χ0) is 21.8. The molecule has 1 saturated heterocycles. The van der Waals surface area contributed by atoms with E-state index >= 15 is 0 Å². The average molecular weight is 445 g/mol. The van der Waals surface area contributed by atoms with E-state index < -0.39 is 18.4 Å². The van der Waals surface area contributed by atoms with Crippen molar-refractivity contribution in [1.29, 1.82) is 0 Å². The molecule has 1 aliphatic rings. The zero-order valence-corrected chi connectivity index (χ0v) is 17.6. The summed E-state index contributed by atoms with van der Waals surface area (Å²) in [6.07, 6.45) is 3.41. The number of carbonyl (C=O) groups is 2. The molecule has 3 aromatic rings. The third kappa shape index (κ3) is 5.35. The highest BCUT2D eigenvalue weighted by Gasteiger charge is 2.37. The van der Waals surface area contributed by atoms with Crippen LogP contribution in [-0.4, -0.2) is 45.5 Å². The van der Waals surface area contributed by atoms with Gasteiger partial charge < -0.3 is 10.2 Å². The number of rotatable bonds is 6. The standard InChI is InChI=1S/C22H22F2N4O2S/c23-22(24)7-1-8-27(15-22)21(30)18-12-26-28(13-18)19-4-2-16(3-5-19)11-25-20(29)10-17-6-9-31-14-17/h2-6,9,12-14H,1,7-8,10-11,15H2,(H,25,29). The molecule has 1 fully saturated rings. The van der Waals surface area contributed by atoms with Crippen LogP contribution in [0, 0.1) is 0 Å². The number of likely N-dealkylation sites (tertiary alicyclic amines) is 1. The Labute approximate surface area is 182 Å². The second-order valence-electron chi connectivity index (χ2n) is 7.61. The van der Waals surface area contributed by atoms with E-state index in [0.29, 0.717) is 19.5 Å². The van der Waals surface area contributed by atoms with Gasteiger partial charge in [0.05, 0.1) is 30.4 Å². The number of benzene rings is 1. The van der Waals surface area contributed by atoms with E-state index in [1.165, 1.54) is 15.8 Å². The average Bonchev–Trinajstić information content (AvgIpc) is 3.44. The predicted molar refractivity (Wildman–Crippen MR) is 114 cm³/mol. The number of alkyl halides is 2. The number of hydrogen-bond acceptors (Lipinski definition) is 4. The van der Waals surface area contributed by atoms with Crippen LogP contribution in [0.2, 0.25) is 0 Å². The molecule has 0 saturated carbocycles. The minimum absolute atomic E-state index is 0.0407. The highest BCUT2D eigenvalue weighted by atomic mass is 32.1. The normalized spacial score (nSPS) is 15.6.